The number of hydrogen-bond donors (Lipinski definition) is 2. The van der Waals surface area contributed by atoms with E-state index in [1.165, 1.54) is 0 Å². The van der Waals surface area contributed by atoms with E-state index < -0.39 is 13.0 Å². The maximum absolute atomic E-state index is 11.8. The van der Waals surface area contributed by atoms with Crippen LogP contribution >= 0.6 is 0 Å². The van der Waals surface area contributed by atoms with E-state index in [4.69, 9.17) is 0 Å². The van der Waals surface area contributed by atoms with Crippen molar-refractivity contribution in [3.63, 3.8) is 0 Å². The van der Waals surface area contributed by atoms with Crippen molar-refractivity contribution in [3.05, 3.63) is 0 Å². The molecule has 0 aromatic heterocycles. The first-order chi connectivity index (χ1) is 8.50. The van der Waals surface area contributed by atoms with Gasteiger partial charge in [0.15, 0.2) is 0 Å². The van der Waals surface area contributed by atoms with Gasteiger partial charge in [-0.25, -0.2) is 8.78 Å². The molecule has 0 bridgehead atoms. The first kappa shape index (κ1) is 15.3. The minimum atomic E-state index is -2.48. The van der Waals surface area contributed by atoms with Gasteiger partial charge in [0, 0.05) is 18.5 Å². The molecule has 2 N–H and O–H groups in total. The maximum atomic E-state index is 11.8. The number of alkyl halides is 2. The zero-order valence-corrected chi connectivity index (χ0v) is 10.9. The molecule has 1 aliphatic rings. The Labute approximate surface area is 106 Å². The second-order valence-electron chi connectivity index (χ2n) is 4.82. The average molecular weight is 264 g/mol. The predicted molar refractivity (Wildman–Crippen MR) is 64.6 cm³/mol. The predicted octanol–water partition coefficient (Wildman–Crippen LogP) is 1.16. The number of carbonyl (C=O) groups is 1. The first-order valence-corrected chi connectivity index (χ1v) is 6.39. The molecule has 0 aliphatic carbocycles. The number of halogens is 2. The molecular weight excluding hydrogens is 242 g/mol. The SMILES string of the molecule is CC1CCNC(C)C1NC(=O)CCOCC(F)F. The number of ether oxygens (including phenoxy) is 1. The third kappa shape index (κ3) is 5.27. The summed E-state index contributed by atoms with van der Waals surface area (Å²) < 4.78 is 28.3. The fraction of sp³-hybridized carbons (Fsp3) is 0.917. The van der Waals surface area contributed by atoms with Crippen molar-refractivity contribution in [3.8, 4) is 0 Å². The molecule has 18 heavy (non-hydrogen) atoms. The third-order valence-electron chi connectivity index (χ3n) is 3.26. The topological polar surface area (TPSA) is 50.4 Å². The first-order valence-electron chi connectivity index (χ1n) is 6.39. The van der Waals surface area contributed by atoms with Crippen molar-refractivity contribution < 1.29 is 18.3 Å². The molecule has 0 spiro atoms. The van der Waals surface area contributed by atoms with Gasteiger partial charge in [-0.3, -0.25) is 4.79 Å². The van der Waals surface area contributed by atoms with Gasteiger partial charge in [-0.15, -0.1) is 0 Å². The van der Waals surface area contributed by atoms with Crippen LogP contribution in [0.1, 0.15) is 26.7 Å². The van der Waals surface area contributed by atoms with E-state index in [0.717, 1.165) is 13.0 Å². The zero-order chi connectivity index (χ0) is 13.5. The summed E-state index contributed by atoms with van der Waals surface area (Å²) in [4.78, 5) is 11.6. The summed E-state index contributed by atoms with van der Waals surface area (Å²) in [5.41, 5.74) is 0. The molecule has 6 heteroatoms. The Bertz CT molecular complexity index is 254. The molecule has 106 valence electrons. The molecule has 3 unspecified atom stereocenters. The molecule has 0 saturated carbocycles. The minimum Gasteiger partial charge on any atom is -0.375 e. The Hall–Kier alpha value is -0.750. The summed E-state index contributed by atoms with van der Waals surface area (Å²) in [6.07, 6.45) is -1.32. The highest BCUT2D eigenvalue weighted by atomic mass is 19.3. The number of piperidine rings is 1. The standard InChI is InChI=1S/C12H22F2N2O2/c1-8-3-5-15-9(2)12(8)16-11(17)4-6-18-7-10(13)14/h8-10,12,15H,3-7H2,1-2H3,(H,16,17). The van der Waals surface area contributed by atoms with E-state index >= 15 is 0 Å². The van der Waals surface area contributed by atoms with E-state index in [9.17, 15) is 13.6 Å². The summed E-state index contributed by atoms with van der Waals surface area (Å²) in [5, 5.41) is 6.24. The third-order valence-corrected chi connectivity index (χ3v) is 3.26. The van der Waals surface area contributed by atoms with Crippen LogP contribution in [0.3, 0.4) is 0 Å². The fourth-order valence-corrected chi connectivity index (χ4v) is 2.20. The van der Waals surface area contributed by atoms with Gasteiger partial charge in [0.2, 0.25) is 5.91 Å². The Balaban J connectivity index is 2.22. The molecule has 3 atom stereocenters. The van der Waals surface area contributed by atoms with Crippen LogP contribution in [0.2, 0.25) is 0 Å². The highest BCUT2D eigenvalue weighted by Crippen LogP contribution is 2.16. The second kappa shape index (κ2) is 7.63. The smallest absolute Gasteiger partial charge is 0.261 e. The highest BCUT2D eigenvalue weighted by Gasteiger charge is 2.28. The van der Waals surface area contributed by atoms with Crippen LogP contribution in [0.15, 0.2) is 0 Å². The lowest BCUT2D eigenvalue weighted by molar-refractivity contribution is -0.124. The van der Waals surface area contributed by atoms with Crippen LogP contribution in [0.4, 0.5) is 8.78 Å². The number of hydrogen-bond acceptors (Lipinski definition) is 3. The van der Waals surface area contributed by atoms with Crippen LogP contribution < -0.4 is 10.6 Å². The normalized spacial score (nSPS) is 28.4. The highest BCUT2D eigenvalue weighted by molar-refractivity contribution is 5.76. The molecule has 4 nitrogen and oxygen atoms in total. The van der Waals surface area contributed by atoms with E-state index in [1.54, 1.807) is 0 Å². The molecule has 0 radical (unpaired) electrons. The molecule has 1 amide bonds. The Morgan fingerprint density at radius 3 is 2.83 bits per heavy atom. The molecule has 1 rings (SSSR count). The van der Waals surface area contributed by atoms with Gasteiger partial charge in [0.25, 0.3) is 6.43 Å². The largest absolute Gasteiger partial charge is 0.375 e. The average Bonchev–Trinajstić information content (AvgIpc) is 2.29. The van der Waals surface area contributed by atoms with Crippen LogP contribution in [-0.2, 0) is 9.53 Å². The Morgan fingerprint density at radius 2 is 2.22 bits per heavy atom. The molecule has 1 aliphatic heterocycles. The minimum absolute atomic E-state index is 0.0408. The van der Waals surface area contributed by atoms with Crippen LogP contribution in [0.25, 0.3) is 0 Å². The van der Waals surface area contributed by atoms with Crippen molar-refractivity contribution in [1.82, 2.24) is 10.6 Å². The summed E-state index contributed by atoms with van der Waals surface area (Å²) >= 11 is 0. The fourth-order valence-electron chi connectivity index (χ4n) is 2.20. The lowest BCUT2D eigenvalue weighted by Crippen LogP contribution is -2.56. The van der Waals surface area contributed by atoms with Gasteiger partial charge >= 0.3 is 0 Å². The number of rotatable bonds is 6. The van der Waals surface area contributed by atoms with Gasteiger partial charge in [-0.2, -0.15) is 0 Å². The molecule has 0 aromatic carbocycles. The van der Waals surface area contributed by atoms with Crippen molar-refractivity contribution in [2.45, 2.75) is 45.2 Å². The van der Waals surface area contributed by atoms with Crippen LogP contribution in [-0.4, -0.2) is 44.2 Å². The molecular formula is C12H22F2N2O2. The lowest BCUT2D eigenvalue weighted by Gasteiger charge is -2.36. The summed E-state index contributed by atoms with van der Waals surface area (Å²) in [6.45, 7) is 4.54. The monoisotopic (exact) mass is 264 g/mol. The van der Waals surface area contributed by atoms with Crippen molar-refractivity contribution in [2.24, 2.45) is 5.92 Å². The van der Waals surface area contributed by atoms with Gasteiger partial charge in [-0.05, 0) is 25.8 Å². The van der Waals surface area contributed by atoms with Crippen molar-refractivity contribution in [2.75, 3.05) is 19.8 Å². The number of nitrogens with one attached hydrogen (secondary N) is 2. The Kier molecular flexibility index (Phi) is 6.49. The van der Waals surface area contributed by atoms with E-state index in [0.29, 0.717) is 5.92 Å². The number of amides is 1. The lowest BCUT2D eigenvalue weighted by atomic mass is 9.89. The summed E-state index contributed by atoms with van der Waals surface area (Å²) in [5.74, 6) is 0.281. The summed E-state index contributed by atoms with van der Waals surface area (Å²) in [6, 6.07) is 0.334. The van der Waals surface area contributed by atoms with Crippen LogP contribution in [0.5, 0.6) is 0 Å². The van der Waals surface area contributed by atoms with Gasteiger partial charge in [0.1, 0.15) is 6.61 Å². The number of carbonyl (C=O) groups excluding carboxylic acids is 1. The van der Waals surface area contributed by atoms with Gasteiger partial charge in [0.05, 0.1) is 6.61 Å². The van der Waals surface area contributed by atoms with E-state index in [2.05, 4.69) is 22.3 Å². The van der Waals surface area contributed by atoms with E-state index in [1.807, 2.05) is 6.92 Å². The van der Waals surface area contributed by atoms with E-state index in [-0.39, 0.29) is 31.0 Å². The zero-order valence-electron chi connectivity index (χ0n) is 10.9. The maximum Gasteiger partial charge on any atom is 0.261 e. The second-order valence-corrected chi connectivity index (χ2v) is 4.82. The molecule has 1 heterocycles. The van der Waals surface area contributed by atoms with Crippen molar-refractivity contribution >= 4 is 5.91 Å². The molecule has 0 aromatic rings. The molecule has 1 saturated heterocycles. The Morgan fingerprint density at radius 1 is 1.50 bits per heavy atom. The van der Waals surface area contributed by atoms with Crippen LogP contribution in [0, 0.1) is 5.92 Å². The molecule has 1 fully saturated rings. The van der Waals surface area contributed by atoms with Gasteiger partial charge < -0.3 is 15.4 Å². The summed E-state index contributed by atoms with van der Waals surface area (Å²) in [7, 11) is 0. The van der Waals surface area contributed by atoms with Gasteiger partial charge in [-0.1, -0.05) is 6.92 Å². The van der Waals surface area contributed by atoms with Crippen molar-refractivity contribution in [1.29, 1.82) is 0 Å². The quantitative estimate of drug-likeness (QED) is 0.708.